The van der Waals surface area contributed by atoms with E-state index in [0.29, 0.717) is 5.02 Å². The Balaban J connectivity index is 2.43. The van der Waals surface area contributed by atoms with Gasteiger partial charge in [-0.25, -0.2) is 4.98 Å². The average Bonchev–Trinajstić information content (AvgIpc) is 2.79. The molecular formula is C12H13BrClN3. The number of aromatic nitrogens is 2. The predicted molar refractivity (Wildman–Crippen MR) is 73.1 cm³/mol. The first kappa shape index (κ1) is 12.6. The van der Waals surface area contributed by atoms with Gasteiger partial charge in [-0.05, 0) is 30.7 Å². The zero-order chi connectivity index (χ0) is 12.4. The summed E-state index contributed by atoms with van der Waals surface area (Å²) in [4.78, 5) is 4.31. The molecule has 1 aromatic heterocycles. The highest BCUT2D eigenvalue weighted by atomic mass is 79.9. The first-order chi connectivity index (χ1) is 8.13. The van der Waals surface area contributed by atoms with E-state index < -0.39 is 0 Å². The second-order valence-corrected chi connectivity index (χ2v) is 5.01. The monoisotopic (exact) mass is 313 g/mol. The fraction of sp³-hybridized carbons (Fsp3) is 0.250. The standard InChI is InChI=1S/C12H13BrClN3/c1-2-17-6-5-16-12(17)11(15)9-7-8(14)3-4-10(9)13/h3-7,11H,2,15H2,1H3. The van der Waals surface area contributed by atoms with Crippen LogP contribution in [0.1, 0.15) is 24.4 Å². The first-order valence-corrected chi connectivity index (χ1v) is 6.52. The van der Waals surface area contributed by atoms with Gasteiger partial charge in [0.1, 0.15) is 5.82 Å². The number of nitrogens with zero attached hydrogens (tertiary/aromatic N) is 2. The maximum Gasteiger partial charge on any atom is 0.130 e. The second-order valence-electron chi connectivity index (χ2n) is 3.71. The molecular weight excluding hydrogens is 302 g/mol. The predicted octanol–water partition coefficient (Wildman–Crippen LogP) is 3.37. The molecule has 0 aliphatic rings. The molecule has 0 bridgehead atoms. The van der Waals surface area contributed by atoms with Crippen molar-refractivity contribution in [2.45, 2.75) is 19.5 Å². The van der Waals surface area contributed by atoms with Crippen molar-refractivity contribution in [3.05, 3.63) is 51.5 Å². The lowest BCUT2D eigenvalue weighted by Crippen LogP contribution is -2.18. The van der Waals surface area contributed by atoms with E-state index in [1.54, 1.807) is 6.20 Å². The molecule has 1 atom stereocenters. The third-order valence-corrected chi connectivity index (χ3v) is 3.62. The van der Waals surface area contributed by atoms with Gasteiger partial charge in [0.25, 0.3) is 0 Å². The molecule has 1 unspecified atom stereocenters. The number of nitrogens with two attached hydrogens (primary N) is 1. The van der Waals surface area contributed by atoms with Gasteiger partial charge in [-0.15, -0.1) is 0 Å². The molecule has 0 aliphatic carbocycles. The second kappa shape index (κ2) is 5.21. The summed E-state index contributed by atoms with van der Waals surface area (Å²) in [6.07, 6.45) is 3.69. The molecule has 0 saturated heterocycles. The molecule has 90 valence electrons. The van der Waals surface area contributed by atoms with Gasteiger partial charge in [0.05, 0.1) is 6.04 Å². The largest absolute Gasteiger partial charge is 0.334 e. The minimum atomic E-state index is -0.280. The van der Waals surface area contributed by atoms with E-state index in [2.05, 4.69) is 27.8 Å². The van der Waals surface area contributed by atoms with E-state index in [-0.39, 0.29) is 6.04 Å². The van der Waals surface area contributed by atoms with Gasteiger partial charge in [-0.2, -0.15) is 0 Å². The smallest absolute Gasteiger partial charge is 0.130 e. The van der Waals surface area contributed by atoms with E-state index in [9.17, 15) is 0 Å². The highest BCUT2D eigenvalue weighted by Crippen LogP contribution is 2.28. The van der Waals surface area contributed by atoms with Gasteiger partial charge < -0.3 is 10.3 Å². The van der Waals surface area contributed by atoms with Crippen LogP contribution in [0, 0.1) is 0 Å². The van der Waals surface area contributed by atoms with E-state index >= 15 is 0 Å². The summed E-state index contributed by atoms with van der Waals surface area (Å²) in [5.74, 6) is 0.843. The van der Waals surface area contributed by atoms with Crippen LogP contribution in [0.5, 0.6) is 0 Å². The molecule has 5 heteroatoms. The Kier molecular flexibility index (Phi) is 3.86. The fourth-order valence-corrected chi connectivity index (χ4v) is 2.43. The van der Waals surface area contributed by atoms with Crippen LogP contribution in [0.25, 0.3) is 0 Å². The summed E-state index contributed by atoms with van der Waals surface area (Å²) in [6.45, 7) is 2.91. The van der Waals surface area contributed by atoms with E-state index in [0.717, 1.165) is 22.4 Å². The van der Waals surface area contributed by atoms with Crippen molar-refractivity contribution < 1.29 is 0 Å². The Morgan fingerprint density at radius 2 is 2.29 bits per heavy atom. The normalized spacial score (nSPS) is 12.7. The van der Waals surface area contributed by atoms with Crippen molar-refractivity contribution in [1.29, 1.82) is 0 Å². The van der Waals surface area contributed by atoms with Crippen LogP contribution >= 0.6 is 27.5 Å². The lowest BCUT2D eigenvalue weighted by molar-refractivity contribution is 0.655. The summed E-state index contributed by atoms with van der Waals surface area (Å²) in [7, 11) is 0. The van der Waals surface area contributed by atoms with Crippen LogP contribution in [0.15, 0.2) is 35.1 Å². The van der Waals surface area contributed by atoms with Gasteiger partial charge >= 0.3 is 0 Å². The van der Waals surface area contributed by atoms with Crippen molar-refractivity contribution in [3.63, 3.8) is 0 Å². The van der Waals surface area contributed by atoms with Gasteiger partial charge in [-0.3, -0.25) is 0 Å². The van der Waals surface area contributed by atoms with Gasteiger partial charge in [0.2, 0.25) is 0 Å². The van der Waals surface area contributed by atoms with Crippen LogP contribution in [-0.4, -0.2) is 9.55 Å². The number of benzene rings is 1. The van der Waals surface area contributed by atoms with Crippen molar-refractivity contribution in [1.82, 2.24) is 9.55 Å². The first-order valence-electron chi connectivity index (χ1n) is 5.35. The van der Waals surface area contributed by atoms with Crippen molar-refractivity contribution in [3.8, 4) is 0 Å². The van der Waals surface area contributed by atoms with E-state index in [1.165, 1.54) is 0 Å². The number of hydrogen-bond donors (Lipinski definition) is 1. The number of imidazole rings is 1. The third-order valence-electron chi connectivity index (χ3n) is 2.66. The Morgan fingerprint density at radius 1 is 1.53 bits per heavy atom. The molecule has 0 amide bonds. The van der Waals surface area contributed by atoms with Gasteiger partial charge in [0.15, 0.2) is 0 Å². The van der Waals surface area contributed by atoms with Crippen LogP contribution in [-0.2, 0) is 6.54 Å². The molecule has 1 heterocycles. The van der Waals surface area contributed by atoms with Crippen LogP contribution in [0.2, 0.25) is 5.02 Å². The van der Waals surface area contributed by atoms with E-state index in [4.69, 9.17) is 17.3 Å². The maximum absolute atomic E-state index is 6.23. The fourth-order valence-electron chi connectivity index (χ4n) is 1.76. The molecule has 2 N–H and O–H groups in total. The van der Waals surface area contributed by atoms with Crippen LogP contribution in [0.4, 0.5) is 0 Å². The van der Waals surface area contributed by atoms with Gasteiger partial charge in [-0.1, -0.05) is 27.5 Å². The average molecular weight is 315 g/mol. The van der Waals surface area contributed by atoms with Crippen molar-refractivity contribution in [2.24, 2.45) is 5.73 Å². The Bertz CT molecular complexity index is 524. The van der Waals surface area contributed by atoms with Crippen LogP contribution < -0.4 is 5.73 Å². The van der Waals surface area contributed by atoms with Gasteiger partial charge in [0, 0.05) is 28.4 Å². The number of aryl methyl sites for hydroxylation is 1. The highest BCUT2D eigenvalue weighted by molar-refractivity contribution is 9.10. The number of halogens is 2. The zero-order valence-electron chi connectivity index (χ0n) is 9.40. The molecule has 1 aromatic carbocycles. The molecule has 17 heavy (non-hydrogen) atoms. The summed E-state index contributed by atoms with van der Waals surface area (Å²) in [5, 5.41) is 0.674. The number of rotatable bonds is 3. The highest BCUT2D eigenvalue weighted by Gasteiger charge is 2.17. The minimum Gasteiger partial charge on any atom is -0.334 e. The maximum atomic E-state index is 6.23. The molecule has 3 nitrogen and oxygen atoms in total. The number of hydrogen-bond acceptors (Lipinski definition) is 2. The van der Waals surface area contributed by atoms with Crippen LogP contribution in [0.3, 0.4) is 0 Å². The summed E-state index contributed by atoms with van der Waals surface area (Å²) in [6, 6.07) is 5.31. The Morgan fingerprint density at radius 3 is 3.00 bits per heavy atom. The topological polar surface area (TPSA) is 43.8 Å². The summed E-state index contributed by atoms with van der Waals surface area (Å²) < 4.78 is 2.97. The van der Waals surface area contributed by atoms with Crippen molar-refractivity contribution >= 4 is 27.5 Å². The SMILES string of the molecule is CCn1ccnc1C(N)c1cc(Cl)ccc1Br. The lowest BCUT2D eigenvalue weighted by atomic mass is 10.1. The molecule has 0 radical (unpaired) electrons. The summed E-state index contributed by atoms with van der Waals surface area (Å²) >= 11 is 9.48. The molecule has 0 aliphatic heterocycles. The lowest BCUT2D eigenvalue weighted by Gasteiger charge is -2.15. The molecule has 0 saturated carbocycles. The Labute approximate surface area is 114 Å². The molecule has 0 fully saturated rings. The molecule has 2 aromatic rings. The molecule has 0 spiro atoms. The molecule has 2 rings (SSSR count). The minimum absolute atomic E-state index is 0.280. The van der Waals surface area contributed by atoms with E-state index in [1.807, 2.05) is 29.0 Å². The zero-order valence-corrected chi connectivity index (χ0v) is 11.7. The Hall–Kier alpha value is -0.840. The van der Waals surface area contributed by atoms with Crippen molar-refractivity contribution in [2.75, 3.05) is 0 Å². The third kappa shape index (κ3) is 2.54. The summed E-state index contributed by atoms with van der Waals surface area (Å²) in [5.41, 5.74) is 7.18. The quantitative estimate of drug-likeness (QED) is 0.944.